The Kier molecular flexibility index (Phi) is 4.31. The third-order valence-electron chi connectivity index (χ3n) is 4.67. The summed E-state index contributed by atoms with van der Waals surface area (Å²) in [6.07, 6.45) is 10.2. The lowest BCUT2D eigenvalue weighted by atomic mass is 9.83. The number of fused-ring (bicyclic) bond motifs is 1. The molecular weight excluding hydrogens is 244 g/mol. The van der Waals surface area contributed by atoms with Crippen LogP contribution in [0.2, 0.25) is 0 Å². The minimum absolute atomic E-state index is 0.463. The zero-order valence-electron chi connectivity index (χ0n) is 12.3. The van der Waals surface area contributed by atoms with E-state index in [-0.39, 0.29) is 0 Å². The van der Waals surface area contributed by atoms with E-state index in [0.717, 1.165) is 11.4 Å². The van der Waals surface area contributed by atoms with Crippen molar-refractivity contribution in [3.63, 3.8) is 0 Å². The van der Waals surface area contributed by atoms with Gasteiger partial charge in [0.1, 0.15) is 0 Å². The van der Waals surface area contributed by atoms with Crippen LogP contribution in [0.25, 0.3) is 10.9 Å². The zero-order valence-corrected chi connectivity index (χ0v) is 12.3. The Morgan fingerprint density at radius 3 is 2.85 bits per heavy atom. The molecule has 2 heteroatoms. The number of nitrogens with one attached hydrogen (secondary N) is 1. The third-order valence-corrected chi connectivity index (χ3v) is 4.67. The van der Waals surface area contributed by atoms with Gasteiger partial charge in [0, 0.05) is 17.6 Å². The number of hydrogen-bond donors (Lipinski definition) is 1. The zero-order chi connectivity index (χ0) is 13.8. The molecule has 2 nitrogen and oxygen atoms in total. The van der Waals surface area contributed by atoms with Crippen LogP contribution >= 0.6 is 0 Å². The molecule has 0 saturated heterocycles. The van der Waals surface area contributed by atoms with Crippen LogP contribution in [-0.2, 0) is 0 Å². The summed E-state index contributed by atoms with van der Waals surface area (Å²) in [4.78, 5) is 4.48. The molecule has 0 radical (unpaired) electrons. The van der Waals surface area contributed by atoms with Gasteiger partial charge in [-0.2, -0.15) is 0 Å². The summed E-state index contributed by atoms with van der Waals surface area (Å²) < 4.78 is 0. The van der Waals surface area contributed by atoms with E-state index >= 15 is 0 Å². The molecule has 106 valence electrons. The van der Waals surface area contributed by atoms with Gasteiger partial charge in [-0.3, -0.25) is 4.98 Å². The first-order valence-corrected chi connectivity index (χ1v) is 7.89. The van der Waals surface area contributed by atoms with Gasteiger partial charge in [-0.05, 0) is 37.1 Å². The Bertz CT molecular complexity index is 558. The maximum Gasteiger partial charge on any atom is 0.0705 e. The summed E-state index contributed by atoms with van der Waals surface area (Å²) in [6, 6.07) is 11.3. The molecule has 1 N–H and O–H groups in total. The molecule has 1 aliphatic rings. The fourth-order valence-corrected chi connectivity index (χ4v) is 3.48. The quantitative estimate of drug-likeness (QED) is 0.885. The molecule has 1 aromatic carbocycles. The van der Waals surface area contributed by atoms with E-state index in [1.807, 2.05) is 12.3 Å². The van der Waals surface area contributed by atoms with Crippen molar-refractivity contribution in [2.75, 3.05) is 7.05 Å². The van der Waals surface area contributed by atoms with E-state index in [1.54, 1.807) is 0 Å². The molecule has 2 aromatic rings. The van der Waals surface area contributed by atoms with Crippen molar-refractivity contribution < 1.29 is 0 Å². The third kappa shape index (κ3) is 3.01. The predicted molar refractivity (Wildman–Crippen MR) is 84.7 cm³/mol. The summed E-state index contributed by atoms with van der Waals surface area (Å²) in [5.74, 6) is 0.889. The highest BCUT2D eigenvalue weighted by molar-refractivity contribution is 5.78. The Morgan fingerprint density at radius 1 is 1.20 bits per heavy atom. The molecule has 1 aromatic heterocycles. The van der Waals surface area contributed by atoms with Crippen molar-refractivity contribution in [1.29, 1.82) is 0 Å². The molecule has 3 rings (SSSR count). The lowest BCUT2D eigenvalue weighted by Gasteiger charge is -2.26. The number of hydrogen-bond acceptors (Lipinski definition) is 2. The number of rotatable bonds is 4. The van der Waals surface area contributed by atoms with Crippen molar-refractivity contribution in [2.45, 2.75) is 44.6 Å². The molecule has 1 fully saturated rings. The van der Waals surface area contributed by atoms with Gasteiger partial charge in [0.05, 0.1) is 5.52 Å². The number of aromatic nitrogens is 1. The second kappa shape index (κ2) is 6.36. The van der Waals surface area contributed by atoms with Crippen LogP contribution in [0.4, 0.5) is 0 Å². The summed E-state index contributed by atoms with van der Waals surface area (Å²) in [7, 11) is 2.08. The van der Waals surface area contributed by atoms with Crippen LogP contribution in [0.1, 0.15) is 50.1 Å². The van der Waals surface area contributed by atoms with E-state index in [1.165, 1.54) is 49.5 Å². The van der Waals surface area contributed by atoms with Gasteiger partial charge in [0.15, 0.2) is 0 Å². The first kappa shape index (κ1) is 13.6. The topological polar surface area (TPSA) is 24.9 Å². The number of benzene rings is 1. The van der Waals surface area contributed by atoms with E-state index < -0.39 is 0 Å². The van der Waals surface area contributed by atoms with Crippen LogP contribution in [0.3, 0.4) is 0 Å². The highest BCUT2D eigenvalue weighted by atomic mass is 14.9. The molecule has 1 aliphatic carbocycles. The highest BCUT2D eigenvalue weighted by Gasteiger charge is 2.19. The van der Waals surface area contributed by atoms with Gasteiger partial charge in [0.25, 0.3) is 0 Å². The smallest absolute Gasteiger partial charge is 0.0705 e. The summed E-state index contributed by atoms with van der Waals surface area (Å²) in [6.45, 7) is 0. The van der Waals surface area contributed by atoms with Gasteiger partial charge in [0.2, 0.25) is 0 Å². The van der Waals surface area contributed by atoms with Crippen molar-refractivity contribution in [3.8, 4) is 0 Å². The molecule has 0 spiro atoms. The summed E-state index contributed by atoms with van der Waals surface area (Å²) in [5, 5.41) is 4.73. The maximum absolute atomic E-state index is 4.48. The molecule has 1 heterocycles. The van der Waals surface area contributed by atoms with E-state index in [2.05, 4.69) is 41.6 Å². The lowest BCUT2D eigenvalue weighted by molar-refractivity contribution is 0.306. The van der Waals surface area contributed by atoms with Gasteiger partial charge in [-0.25, -0.2) is 0 Å². The second-order valence-corrected chi connectivity index (χ2v) is 6.04. The van der Waals surface area contributed by atoms with Gasteiger partial charge < -0.3 is 5.32 Å². The van der Waals surface area contributed by atoms with Crippen molar-refractivity contribution in [2.24, 2.45) is 5.92 Å². The second-order valence-electron chi connectivity index (χ2n) is 6.04. The Labute approximate surface area is 121 Å². The van der Waals surface area contributed by atoms with Gasteiger partial charge >= 0.3 is 0 Å². The van der Waals surface area contributed by atoms with E-state index in [9.17, 15) is 0 Å². The minimum Gasteiger partial charge on any atom is -0.313 e. The molecule has 0 bridgehead atoms. The molecule has 0 aliphatic heterocycles. The normalized spacial score (nSPS) is 18.2. The molecule has 20 heavy (non-hydrogen) atoms. The van der Waals surface area contributed by atoms with Crippen molar-refractivity contribution >= 4 is 10.9 Å². The molecule has 1 unspecified atom stereocenters. The fourth-order valence-electron chi connectivity index (χ4n) is 3.48. The lowest BCUT2D eigenvalue weighted by Crippen LogP contribution is -2.21. The van der Waals surface area contributed by atoms with Crippen molar-refractivity contribution in [1.82, 2.24) is 10.3 Å². The van der Waals surface area contributed by atoms with Gasteiger partial charge in [-0.15, -0.1) is 0 Å². The SMILES string of the molecule is CNC(CC1CCCCC1)c1ccc2cccnc2c1. The van der Waals surface area contributed by atoms with Crippen LogP contribution in [0, 0.1) is 5.92 Å². The fraction of sp³-hybridized carbons (Fsp3) is 0.500. The average Bonchev–Trinajstić information content (AvgIpc) is 2.53. The van der Waals surface area contributed by atoms with E-state index in [0.29, 0.717) is 6.04 Å². The van der Waals surface area contributed by atoms with Gasteiger partial charge in [-0.1, -0.05) is 50.3 Å². The standard InChI is InChI=1S/C18H24N2/c1-19-17(12-14-6-3-2-4-7-14)16-10-9-15-8-5-11-20-18(15)13-16/h5,8-11,13-14,17,19H,2-4,6-7,12H2,1H3. The molecule has 1 saturated carbocycles. The summed E-state index contributed by atoms with van der Waals surface area (Å²) in [5.41, 5.74) is 2.48. The monoisotopic (exact) mass is 268 g/mol. The first-order chi connectivity index (χ1) is 9.86. The van der Waals surface area contributed by atoms with E-state index in [4.69, 9.17) is 0 Å². The average molecular weight is 268 g/mol. The Hall–Kier alpha value is -1.41. The highest BCUT2D eigenvalue weighted by Crippen LogP contribution is 2.32. The maximum atomic E-state index is 4.48. The van der Waals surface area contributed by atoms with Crippen LogP contribution in [0.15, 0.2) is 36.5 Å². The Morgan fingerprint density at radius 2 is 2.05 bits per heavy atom. The first-order valence-electron chi connectivity index (χ1n) is 7.89. The van der Waals surface area contributed by atoms with Crippen LogP contribution in [0.5, 0.6) is 0 Å². The largest absolute Gasteiger partial charge is 0.313 e. The minimum atomic E-state index is 0.463. The molecular formula is C18H24N2. The number of pyridine rings is 1. The molecule has 1 atom stereocenters. The molecule has 0 amide bonds. The van der Waals surface area contributed by atoms with Crippen LogP contribution < -0.4 is 5.32 Å². The Balaban J connectivity index is 1.79. The van der Waals surface area contributed by atoms with Crippen molar-refractivity contribution in [3.05, 3.63) is 42.1 Å². The number of nitrogens with zero attached hydrogens (tertiary/aromatic N) is 1. The van der Waals surface area contributed by atoms with Crippen LogP contribution in [-0.4, -0.2) is 12.0 Å². The summed E-state index contributed by atoms with van der Waals surface area (Å²) >= 11 is 0. The predicted octanol–water partition coefficient (Wildman–Crippen LogP) is 4.47.